The standard InChI is InChI=1S/C7H10N2S.BrH/c1-3-8-4-2-7-6(1)9-5-10-7;/h2,4,6,9H,1,3,5H2;1H. The lowest BCUT2D eigenvalue weighted by Gasteiger charge is -2.06. The van der Waals surface area contributed by atoms with Crippen LogP contribution in [0.1, 0.15) is 6.42 Å². The third-order valence-electron chi connectivity index (χ3n) is 1.80. The molecule has 0 aliphatic carbocycles. The van der Waals surface area contributed by atoms with Gasteiger partial charge in [0.05, 0.1) is 0 Å². The zero-order valence-corrected chi connectivity index (χ0v) is 8.65. The smallest absolute Gasteiger partial charge is 0.0468 e. The molecular weight excluding hydrogens is 224 g/mol. The molecule has 2 nitrogen and oxygen atoms in total. The van der Waals surface area contributed by atoms with Crippen LogP contribution in [0.5, 0.6) is 0 Å². The second-order valence-corrected chi connectivity index (χ2v) is 3.51. The fourth-order valence-electron chi connectivity index (χ4n) is 1.24. The maximum absolute atomic E-state index is 4.20. The number of hydrogen-bond acceptors (Lipinski definition) is 3. The summed E-state index contributed by atoms with van der Waals surface area (Å²) in [6, 6.07) is 0.604. The normalized spacial score (nSPS) is 28.4. The Balaban J connectivity index is 0.000000605. The van der Waals surface area contributed by atoms with Crippen LogP contribution in [0, 0.1) is 0 Å². The Hall–Kier alpha value is 0.200. The highest BCUT2D eigenvalue weighted by atomic mass is 79.9. The van der Waals surface area contributed by atoms with Gasteiger partial charge in [0, 0.05) is 29.6 Å². The van der Waals surface area contributed by atoms with Gasteiger partial charge in [-0.15, -0.1) is 28.7 Å². The van der Waals surface area contributed by atoms with Crippen molar-refractivity contribution < 1.29 is 0 Å². The first-order valence-electron chi connectivity index (χ1n) is 3.53. The molecule has 2 rings (SSSR count). The molecule has 2 aliphatic heterocycles. The lowest BCUT2D eigenvalue weighted by atomic mass is 10.2. The van der Waals surface area contributed by atoms with Crippen molar-refractivity contribution in [1.29, 1.82) is 0 Å². The van der Waals surface area contributed by atoms with Crippen LogP contribution in [0.15, 0.2) is 16.0 Å². The van der Waals surface area contributed by atoms with Gasteiger partial charge in [-0.25, -0.2) is 0 Å². The Morgan fingerprint density at radius 3 is 3.45 bits per heavy atom. The van der Waals surface area contributed by atoms with E-state index in [0.717, 1.165) is 18.8 Å². The number of hydrogen-bond donors (Lipinski definition) is 1. The van der Waals surface area contributed by atoms with E-state index in [4.69, 9.17) is 0 Å². The van der Waals surface area contributed by atoms with E-state index in [-0.39, 0.29) is 17.0 Å². The monoisotopic (exact) mass is 234 g/mol. The molecule has 2 heterocycles. The predicted octanol–water partition coefficient (Wildman–Crippen LogP) is 1.59. The van der Waals surface area contributed by atoms with Crippen molar-refractivity contribution in [3.05, 3.63) is 11.0 Å². The SMILES string of the molecule is Br.C1=NCCC2NCSC2=C1. The Morgan fingerprint density at radius 1 is 1.64 bits per heavy atom. The molecule has 1 fully saturated rings. The molecule has 0 radical (unpaired) electrons. The predicted molar refractivity (Wildman–Crippen MR) is 55.8 cm³/mol. The second-order valence-electron chi connectivity index (χ2n) is 2.46. The van der Waals surface area contributed by atoms with E-state index in [1.54, 1.807) is 0 Å². The summed E-state index contributed by atoms with van der Waals surface area (Å²) in [4.78, 5) is 5.66. The molecule has 1 atom stereocenters. The third kappa shape index (κ3) is 2.07. The Labute approximate surface area is 81.3 Å². The lowest BCUT2D eigenvalue weighted by Crippen LogP contribution is -2.22. The van der Waals surface area contributed by atoms with E-state index in [2.05, 4.69) is 16.4 Å². The first-order valence-corrected chi connectivity index (χ1v) is 4.51. The van der Waals surface area contributed by atoms with Gasteiger partial charge in [0.2, 0.25) is 0 Å². The first kappa shape index (κ1) is 9.29. The lowest BCUT2D eigenvalue weighted by molar-refractivity contribution is 0.626. The van der Waals surface area contributed by atoms with Crippen LogP contribution in [0.25, 0.3) is 0 Å². The minimum Gasteiger partial charge on any atom is -0.300 e. The molecule has 0 bridgehead atoms. The van der Waals surface area contributed by atoms with Gasteiger partial charge < -0.3 is 5.32 Å². The van der Waals surface area contributed by atoms with Crippen LogP contribution in [0.2, 0.25) is 0 Å². The maximum Gasteiger partial charge on any atom is 0.0468 e. The number of aliphatic imine (C=N–C) groups is 1. The molecule has 1 saturated heterocycles. The first-order chi connectivity index (χ1) is 4.97. The topological polar surface area (TPSA) is 24.4 Å². The summed E-state index contributed by atoms with van der Waals surface area (Å²) in [6.07, 6.45) is 5.22. The maximum atomic E-state index is 4.20. The Morgan fingerprint density at radius 2 is 2.55 bits per heavy atom. The van der Waals surface area contributed by atoms with Crippen LogP contribution in [0.4, 0.5) is 0 Å². The molecule has 0 aromatic rings. The Bertz CT molecular complexity index is 191. The summed E-state index contributed by atoms with van der Waals surface area (Å²) in [5, 5.41) is 3.41. The summed E-state index contributed by atoms with van der Waals surface area (Å²) >= 11 is 1.90. The third-order valence-corrected chi connectivity index (χ3v) is 2.87. The van der Waals surface area contributed by atoms with Gasteiger partial charge in [-0.3, -0.25) is 4.99 Å². The molecule has 0 aromatic heterocycles. The second kappa shape index (κ2) is 4.28. The average Bonchev–Trinajstić information content (AvgIpc) is 2.28. The van der Waals surface area contributed by atoms with Crippen LogP contribution in [-0.2, 0) is 0 Å². The molecule has 0 amide bonds. The molecular formula is C7H11BrN2S. The van der Waals surface area contributed by atoms with Crippen molar-refractivity contribution in [3.8, 4) is 0 Å². The highest BCUT2D eigenvalue weighted by Crippen LogP contribution is 2.27. The summed E-state index contributed by atoms with van der Waals surface area (Å²) in [7, 11) is 0. The number of fused-ring (bicyclic) bond motifs is 1. The van der Waals surface area contributed by atoms with Gasteiger partial charge in [0.15, 0.2) is 0 Å². The van der Waals surface area contributed by atoms with E-state index < -0.39 is 0 Å². The molecule has 4 heteroatoms. The summed E-state index contributed by atoms with van der Waals surface area (Å²) in [5.41, 5.74) is 0. The van der Waals surface area contributed by atoms with Gasteiger partial charge in [0.25, 0.3) is 0 Å². The summed E-state index contributed by atoms with van der Waals surface area (Å²) < 4.78 is 0. The highest BCUT2D eigenvalue weighted by molar-refractivity contribution is 8.93. The molecule has 62 valence electrons. The van der Waals surface area contributed by atoms with Gasteiger partial charge in [-0.05, 0) is 12.5 Å². The summed E-state index contributed by atoms with van der Waals surface area (Å²) in [6.45, 7) is 0.970. The fraction of sp³-hybridized carbons (Fsp3) is 0.571. The molecule has 11 heavy (non-hydrogen) atoms. The number of nitrogens with zero attached hydrogens (tertiary/aromatic N) is 1. The Kier molecular flexibility index (Phi) is 3.62. The molecule has 0 aromatic carbocycles. The van der Waals surface area contributed by atoms with Crippen molar-refractivity contribution in [2.24, 2.45) is 4.99 Å². The number of thioether (sulfide) groups is 1. The van der Waals surface area contributed by atoms with Gasteiger partial charge in [-0.2, -0.15) is 0 Å². The van der Waals surface area contributed by atoms with Crippen molar-refractivity contribution in [2.75, 3.05) is 12.4 Å². The minimum atomic E-state index is 0. The van der Waals surface area contributed by atoms with Gasteiger partial charge >= 0.3 is 0 Å². The van der Waals surface area contributed by atoms with Crippen LogP contribution < -0.4 is 5.32 Å². The number of halogens is 1. The zero-order valence-electron chi connectivity index (χ0n) is 6.12. The quantitative estimate of drug-likeness (QED) is 0.689. The zero-order chi connectivity index (χ0) is 6.81. The number of rotatable bonds is 0. The molecule has 0 spiro atoms. The van der Waals surface area contributed by atoms with Crippen LogP contribution >= 0.6 is 28.7 Å². The van der Waals surface area contributed by atoms with Crippen molar-refractivity contribution >= 4 is 35.0 Å². The van der Waals surface area contributed by atoms with E-state index in [9.17, 15) is 0 Å². The average molecular weight is 235 g/mol. The van der Waals surface area contributed by atoms with E-state index >= 15 is 0 Å². The van der Waals surface area contributed by atoms with Crippen molar-refractivity contribution in [3.63, 3.8) is 0 Å². The highest BCUT2D eigenvalue weighted by Gasteiger charge is 2.20. The molecule has 0 saturated carbocycles. The van der Waals surface area contributed by atoms with E-state index in [1.165, 1.54) is 4.91 Å². The largest absolute Gasteiger partial charge is 0.300 e. The molecule has 1 unspecified atom stereocenters. The van der Waals surface area contributed by atoms with E-state index in [0.29, 0.717) is 6.04 Å². The minimum absolute atomic E-state index is 0. The van der Waals surface area contributed by atoms with E-state index in [1.807, 2.05) is 18.0 Å². The van der Waals surface area contributed by atoms with Crippen LogP contribution in [0.3, 0.4) is 0 Å². The van der Waals surface area contributed by atoms with Crippen molar-refractivity contribution in [1.82, 2.24) is 5.32 Å². The number of allylic oxidation sites excluding steroid dienone is 1. The van der Waals surface area contributed by atoms with Gasteiger partial charge in [0.1, 0.15) is 0 Å². The van der Waals surface area contributed by atoms with Crippen LogP contribution in [-0.4, -0.2) is 24.7 Å². The molecule has 1 N–H and O–H groups in total. The molecule has 2 aliphatic rings. The van der Waals surface area contributed by atoms with Gasteiger partial charge in [-0.1, -0.05) is 0 Å². The summed E-state index contributed by atoms with van der Waals surface area (Å²) in [5.74, 6) is 1.07. The fourth-order valence-corrected chi connectivity index (χ4v) is 2.25. The number of nitrogens with one attached hydrogen (secondary N) is 1. The van der Waals surface area contributed by atoms with Crippen molar-refractivity contribution in [2.45, 2.75) is 12.5 Å².